The van der Waals surface area contributed by atoms with E-state index in [-0.39, 0.29) is 9.32 Å². The fraction of sp³-hybridized carbons (Fsp3) is 0.423. The second-order valence-corrected chi connectivity index (χ2v) is 12.8. The number of alkyl halides is 1. The highest BCUT2D eigenvalue weighted by Crippen LogP contribution is 2.48. The molecule has 6 atom stereocenters. The number of carbonyl (C=O) groups is 1. The monoisotopic (exact) mass is 705 g/mol. The van der Waals surface area contributed by atoms with E-state index in [1.54, 1.807) is 60.7 Å². The Morgan fingerprint density at radius 1 is 1.24 bits per heavy atom. The van der Waals surface area contributed by atoms with Crippen LogP contribution in [0.5, 0.6) is 5.75 Å². The molecule has 0 radical (unpaired) electrons. The van der Waals surface area contributed by atoms with Crippen molar-refractivity contribution in [1.82, 2.24) is 14.6 Å². The van der Waals surface area contributed by atoms with Crippen molar-refractivity contribution in [3.63, 3.8) is 0 Å². The molecule has 0 bridgehead atoms. The van der Waals surface area contributed by atoms with E-state index >= 15 is 4.39 Å². The van der Waals surface area contributed by atoms with Crippen molar-refractivity contribution < 1.29 is 37.4 Å². The molecule has 41 heavy (non-hydrogen) atoms. The van der Waals surface area contributed by atoms with Gasteiger partial charge < -0.3 is 19.1 Å². The summed E-state index contributed by atoms with van der Waals surface area (Å²) in [6, 6.07) is 11.1. The summed E-state index contributed by atoms with van der Waals surface area (Å²) in [7, 11) is -4.42. The second-order valence-electron chi connectivity index (χ2n) is 9.96. The summed E-state index contributed by atoms with van der Waals surface area (Å²) < 4.78 is 53.0. The minimum atomic E-state index is -4.42. The minimum absolute atomic E-state index is 0.0928. The first kappa shape index (κ1) is 31.3. The van der Waals surface area contributed by atoms with Gasteiger partial charge in [-0.1, -0.05) is 36.4 Å². The van der Waals surface area contributed by atoms with E-state index < -0.39 is 67.8 Å². The number of nitrogens with one attached hydrogen (secondary N) is 2. The molecule has 1 fully saturated rings. The van der Waals surface area contributed by atoms with Crippen molar-refractivity contribution in [3.05, 3.63) is 73.1 Å². The van der Waals surface area contributed by atoms with Gasteiger partial charge in [0.05, 0.1) is 16.3 Å². The Bertz CT molecular complexity index is 1590. The number of halogens is 2. The largest absolute Gasteiger partial charge is 0.462 e. The van der Waals surface area contributed by atoms with Gasteiger partial charge in [-0.15, -0.1) is 0 Å². The number of nitrogens with zero attached hydrogens (tertiary/aromatic N) is 1. The molecule has 1 aliphatic heterocycles. The van der Waals surface area contributed by atoms with Crippen LogP contribution in [0.4, 0.5) is 4.39 Å². The van der Waals surface area contributed by atoms with Crippen LogP contribution in [0.2, 0.25) is 0 Å². The highest BCUT2D eigenvalue weighted by Gasteiger charge is 2.56. The van der Waals surface area contributed by atoms with E-state index in [1.165, 1.54) is 6.92 Å². The second kappa shape index (κ2) is 12.3. The lowest BCUT2D eigenvalue weighted by Gasteiger charge is -2.26. The zero-order chi connectivity index (χ0) is 30.1. The van der Waals surface area contributed by atoms with Gasteiger partial charge in [0.15, 0.2) is 11.9 Å². The Balaban J connectivity index is 1.61. The van der Waals surface area contributed by atoms with E-state index in [9.17, 15) is 24.1 Å². The number of aromatic amines is 1. The molecule has 1 saturated heterocycles. The molecule has 0 spiro atoms. The molecule has 12 nitrogen and oxygen atoms in total. The van der Waals surface area contributed by atoms with Gasteiger partial charge >= 0.3 is 19.4 Å². The number of aliphatic hydroxyl groups is 1. The Morgan fingerprint density at radius 2 is 1.93 bits per heavy atom. The average molecular weight is 705 g/mol. The number of aliphatic hydroxyl groups excluding tert-OH is 1. The molecule has 15 heteroatoms. The molecule has 222 valence electrons. The van der Waals surface area contributed by atoms with Crippen LogP contribution < -0.4 is 20.9 Å². The van der Waals surface area contributed by atoms with E-state index in [1.807, 2.05) is 18.2 Å². The number of hydrogen-bond donors (Lipinski definition) is 3. The van der Waals surface area contributed by atoms with Crippen molar-refractivity contribution in [2.24, 2.45) is 0 Å². The maximum absolute atomic E-state index is 15.7. The number of H-pyrrole nitrogens is 1. The molecular formula is C26H30FIN3O9P. The number of hydrogen-bond acceptors (Lipinski definition) is 9. The molecule has 4 rings (SSSR count). The van der Waals surface area contributed by atoms with Crippen LogP contribution in [0, 0.1) is 3.57 Å². The summed E-state index contributed by atoms with van der Waals surface area (Å²) in [6.45, 7) is 5.10. The highest BCUT2D eigenvalue weighted by atomic mass is 127. The van der Waals surface area contributed by atoms with Crippen molar-refractivity contribution in [1.29, 1.82) is 0 Å². The lowest BCUT2D eigenvalue weighted by atomic mass is 9.98. The first-order valence-corrected chi connectivity index (χ1v) is 15.3. The lowest BCUT2D eigenvalue weighted by Crippen LogP contribution is -2.44. The molecule has 1 aliphatic rings. The normalized spacial score (nSPS) is 24.7. The number of aromatic nitrogens is 2. The SMILES string of the molecule is CC(C)OC(=O)[C@@H](C)N[P@@](=O)(OC[C@H]1O[C@@H](n2cc(I)c(=O)[nH]c2=O)[C@](C)(F)[C@@H]1O)Oc1cccc2ccccc12. The number of ether oxygens (including phenoxy) is 2. The zero-order valence-corrected chi connectivity index (χ0v) is 25.6. The van der Waals surface area contributed by atoms with Gasteiger partial charge in [-0.25, -0.2) is 13.8 Å². The zero-order valence-electron chi connectivity index (χ0n) is 22.6. The van der Waals surface area contributed by atoms with Gasteiger partial charge in [0, 0.05) is 11.6 Å². The van der Waals surface area contributed by atoms with Gasteiger partial charge in [-0.3, -0.25) is 23.7 Å². The molecule has 3 N–H and O–H groups in total. The van der Waals surface area contributed by atoms with Crippen LogP contribution in [0.1, 0.15) is 33.9 Å². The Labute approximate surface area is 247 Å². The van der Waals surface area contributed by atoms with E-state index in [4.69, 9.17) is 18.5 Å². The number of benzene rings is 2. The molecule has 3 aromatic rings. The summed E-state index contributed by atoms with van der Waals surface area (Å²) in [6.07, 6.45) is -4.23. The van der Waals surface area contributed by atoms with E-state index in [0.29, 0.717) is 5.39 Å². The number of fused-ring (bicyclic) bond motifs is 1. The van der Waals surface area contributed by atoms with Crippen molar-refractivity contribution in [3.8, 4) is 5.75 Å². The summed E-state index contributed by atoms with van der Waals surface area (Å²) in [5.74, 6) is -0.537. The standard InChI is InChI=1S/C26H30FIN3O9P/c1-14(2)38-23(34)15(3)30-41(36,40-19-11-7-9-16-8-5-6-10-17(16)19)37-13-20-21(32)26(4,27)24(39-20)31-12-18(28)22(33)29-25(31)35/h5-12,14-15,20-21,24,32H,13H2,1-4H3,(H,30,36)(H,29,33,35)/t15-,20-,21-,24-,26-,41-/m1/s1. The summed E-state index contributed by atoms with van der Waals surface area (Å²) in [5, 5.41) is 14.7. The van der Waals surface area contributed by atoms with Crippen LogP contribution >= 0.6 is 30.3 Å². The Hall–Kier alpha value is -2.62. The predicted octanol–water partition coefficient (Wildman–Crippen LogP) is 3.41. The Kier molecular flexibility index (Phi) is 9.41. The topological polar surface area (TPSA) is 158 Å². The van der Waals surface area contributed by atoms with Crippen molar-refractivity contribution in [2.45, 2.75) is 63.9 Å². The quantitative estimate of drug-likeness (QED) is 0.162. The van der Waals surface area contributed by atoms with Crippen LogP contribution in [0.25, 0.3) is 10.8 Å². The number of rotatable bonds is 10. The number of esters is 1. The van der Waals surface area contributed by atoms with Crippen LogP contribution in [0.3, 0.4) is 0 Å². The predicted molar refractivity (Wildman–Crippen MR) is 155 cm³/mol. The molecule has 0 amide bonds. The van der Waals surface area contributed by atoms with E-state index in [0.717, 1.165) is 23.1 Å². The minimum Gasteiger partial charge on any atom is -0.462 e. The molecule has 2 heterocycles. The third kappa shape index (κ3) is 6.89. The van der Waals surface area contributed by atoms with Crippen molar-refractivity contribution >= 4 is 47.1 Å². The van der Waals surface area contributed by atoms with Crippen LogP contribution in [-0.2, 0) is 23.4 Å². The first-order valence-electron chi connectivity index (χ1n) is 12.7. The Morgan fingerprint density at radius 3 is 2.63 bits per heavy atom. The van der Waals surface area contributed by atoms with E-state index in [2.05, 4.69) is 10.1 Å². The van der Waals surface area contributed by atoms with Crippen molar-refractivity contribution in [2.75, 3.05) is 6.61 Å². The molecular weight excluding hydrogens is 675 g/mol. The fourth-order valence-corrected chi connectivity index (χ4v) is 6.23. The van der Waals surface area contributed by atoms with Gasteiger partial charge in [0.2, 0.25) is 0 Å². The van der Waals surface area contributed by atoms with Gasteiger partial charge in [-0.2, -0.15) is 5.09 Å². The summed E-state index contributed by atoms with van der Waals surface area (Å²) in [5.41, 5.74) is -4.11. The summed E-state index contributed by atoms with van der Waals surface area (Å²) >= 11 is 1.67. The molecule has 0 aliphatic carbocycles. The van der Waals surface area contributed by atoms with Gasteiger partial charge in [0.25, 0.3) is 5.56 Å². The molecule has 0 unspecified atom stereocenters. The van der Waals surface area contributed by atoms with Gasteiger partial charge in [0.1, 0.15) is 24.0 Å². The lowest BCUT2D eigenvalue weighted by molar-refractivity contribution is -0.149. The highest BCUT2D eigenvalue weighted by molar-refractivity contribution is 14.1. The third-order valence-electron chi connectivity index (χ3n) is 6.33. The summed E-state index contributed by atoms with van der Waals surface area (Å²) in [4.78, 5) is 38.7. The fourth-order valence-electron chi connectivity index (χ4n) is 4.28. The van der Waals surface area contributed by atoms with Crippen LogP contribution in [0.15, 0.2) is 58.3 Å². The number of carbonyl (C=O) groups excluding carboxylic acids is 1. The third-order valence-corrected chi connectivity index (χ3v) is 8.73. The smallest absolute Gasteiger partial charge is 0.459 e. The molecule has 2 aromatic carbocycles. The van der Waals surface area contributed by atoms with Crippen LogP contribution in [-0.4, -0.2) is 57.3 Å². The first-order chi connectivity index (χ1) is 19.2. The van der Waals surface area contributed by atoms with Gasteiger partial charge in [-0.05, 0) is 61.7 Å². The molecule has 1 aromatic heterocycles. The molecule has 0 saturated carbocycles. The maximum Gasteiger partial charge on any atom is 0.459 e. The average Bonchev–Trinajstić information content (AvgIpc) is 3.13. The maximum atomic E-state index is 15.7.